The molecule has 2 rings (SSSR count). The summed E-state index contributed by atoms with van der Waals surface area (Å²) in [5, 5.41) is 0. The molecule has 0 saturated carbocycles. The lowest BCUT2D eigenvalue weighted by molar-refractivity contribution is 0.313. The minimum Gasteiger partial charge on any atom is -0.330 e. The molecule has 1 aromatic rings. The Morgan fingerprint density at radius 2 is 1.78 bits per heavy atom. The van der Waals surface area contributed by atoms with E-state index in [1.807, 2.05) is 0 Å². The van der Waals surface area contributed by atoms with E-state index in [4.69, 9.17) is 5.73 Å². The zero-order chi connectivity index (χ0) is 13.0. The quantitative estimate of drug-likeness (QED) is 0.837. The first-order chi connectivity index (χ1) is 8.61. The molecular formula is C17H27N. The highest BCUT2D eigenvalue weighted by Crippen LogP contribution is 2.28. The summed E-state index contributed by atoms with van der Waals surface area (Å²) in [5.74, 6) is 0. The van der Waals surface area contributed by atoms with Gasteiger partial charge in [-0.3, -0.25) is 0 Å². The van der Waals surface area contributed by atoms with E-state index in [2.05, 4.69) is 32.0 Å². The van der Waals surface area contributed by atoms with Crippen LogP contribution in [0.1, 0.15) is 56.2 Å². The van der Waals surface area contributed by atoms with Gasteiger partial charge in [0.05, 0.1) is 0 Å². The number of rotatable bonds is 5. The van der Waals surface area contributed by atoms with Gasteiger partial charge in [-0.25, -0.2) is 0 Å². The van der Waals surface area contributed by atoms with Crippen LogP contribution in [0.25, 0.3) is 0 Å². The second-order valence-corrected chi connectivity index (χ2v) is 6.51. The number of fused-ring (bicyclic) bond motifs is 1. The normalized spacial score (nSPS) is 15.5. The summed E-state index contributed by atoms with van der Waals surface area (Å²) in [4.78, 5) is 0. The van der Waals surface area contributed by atoms with E-state index in [9.17, 15) is 0 Å². The molecule has 0 amide bonds. The zero-order valence-corrected chi connectivity index (χ0v) is 12.0. The van der Waals surface area contributed by atoms with Crippen molar-refractivity contribution in [3.05, 3.63) is 34.9 Å². The SMILES string of the molecule is CC(C)(CCN)CCc1ccc2c(c1)CCCC2. The first-order valence-electron chi connectivity index (χ1n) is 7.41. The summed E-state index contributed by atoms with van der Waals surface area (Å²) in [6, 6.07) is 7.15. The second-order valence-electron chi connectivity index (χ2n) is 6.51. The molecule has 100 valence electrons. The van der Waals surface area contributed by atoms with Crippen LogP contribution in [0.2, 0.25) is 0 Å². The van der Waals surface area contributed by atoms with Crippen molar-refractivity contribution < 1.29 is 0 Å². The van der Waals surface area contributed by atoms with Crippen LogP contribution in [0.4, 0.5) is 0 Å². The lowest BCUT2D eigenvalue weighted by atomic mass is 9.82. The maximum absolute atomic E-state index is 5.67. The Bertz CT molecular complexity index is 393. The lowest BCUT2D eigenvalue weighted by Crippen LogP contribution is -2.18. The summed E-state index contributed by atoms with van der Waals surface area (Å²) in [6.07, 6.45) is 8.87. The lowest BCUT2D eigenvalue weighted by Gasteiger charge is -2.24. The van der Waals surface area contributed by atoms with Crippen LogP contribution in [0.15, 0.2) is 18.2 Å². The summed E-state index contributed by atoms with van der Waals surface area (Å²) in [5.41, 5.74) is 10.8. The fourth-order valence-corrected chi connectivity index (χ4v) is 2.94. The van der Waals surface area contributed by atoms with Gasteiger partial charge in [0.15, 0.2) is 0 Å². The van der Waals surface area contributed by atoms with E-state index in [-0.39, 0.29) is 0 Å². The second kappa shape index (κ2) is 5.88. The van der Waals surface area contributed by atoms with Gasteiger partial charge in [0, 0.05) is 0 Å². The average Bonchev–Trinajstić information content (AvgIpc) is 2.36. The molecule has 18 heavy (non-hydrogen) atoms. The topological polar surface area (TPSA) is 26.0 Å². The molecule has 1 aliphatic carbocycles. The number of aryl methyl sites for hydroxylation is 3. The molecule has 1 aliphatic rings. The predicted molar refractivity (Wildman–Crippen MR) is 78.9 cm³/mol. The first-order valence-corrected chi connectivity index (χ1v) is 7.41. The molecule has 0 heterocycles. The van der Waals surface area contributed by atoms with Crippen LogP contribution in [-0.4, -0.2) is 6.54 Å². The maximum atomic E-state index is 5.67. The third kappa shape index (κ3) is 3.58. The summed E-state index contributed by atoms with van der Waals surface area (Å²) in [7, 11) is 0. The van der Waals surface area contributed by atoms with Crippen molar-refractivity contribution in [3.63, 3.8) is 0 Å². The summed E-state index contributed by atoms with van der Waals surface area (Å²) >= 11 is 0. The largest absolute Gasteiger partial charge is 0.330 e. The maximum Gasteiger partial charge on any atom is -0.00722 e. The van der Waals surface area contributed by atoms with Crippen molar-refractivity contribution in [3.8, 4) is 0 Å². The van der Waals surface area contributed by atoms with Crippen LogP contribution in [0.5, 0.6) is 0 Å². The number of benzene rings is 1. The van der Waals surface area contributed by atoms with Crippen molar-refractivity contribution in [2.75, 3.05) is 6.54 Å². The molecule has 0 aromatic heterocycles. The molecule has 0 atom stereocenters. The monoisotopic (exact) mass is 245 g/mol. The molecule has 1 heteroatoms. The van der Waals surface area contributed by atoms with Gasteiger partial charge in [0.2, 0.25) is 0 Å². The van der Waals surface area contributed by atoms with Gasteiger partial charge < -0.3 is 5.73 Å². The van der Waals surface area contributed by atoms with Crippen LogP contribution < -0.4 is 5.73 Å². The van der Waals surface area contributed by atoms with Gasteiger partial charge in [0.1, 0.15) is 0 Å². The highest BCUT2D eigenvalue weighted by atomic mass is 14.5. The van der Waals surface area contributed by atoms with Crippen molar-refractivity contribution in [1.82, 2.24) is 0 Å². The van der Waals surface area contributed by atoms with Crippen LogP contribution >= 0.6 is 0 Å². The van der Waals surface area contributed by atoms with E-state index in [1.165, 1.54) is 44.1 Å². The van der Waals surface area contributed by atoms with E-state index in [0.717, 1.165) is 13.0 Å². The van der Waals surface area contributed by atoms with Crippen molar-refractivity contribution in [1.29, 1.82) is 0 Å². The van der Waals surface area contributed by atoms with Gasteiger partial charge in [0.25, 0.3) is 0 Å². The van der Waals surface area contributed by atoms with Gasteiger partial charge in [-0.2, -0.15) is 0 Å². The minimum absolute atomic E-state index is 0.380. The van der Waals surface area contributed by atoms with Crippen molar-refractivity contribution in [2.24, 2.45) is 11.1 Å². The van der Waals surface area contributed by atoms with Gasteiger partial charge in [-0.05, 0) is 73.6 Å². The Morgan fingerprint density at radius 1 is 1.06 bits per heavy atom. The molecular weight excluding hydrogens is 218 g/mol. The van der Waals surface area contributed by atoms with Crippen LogP contribution in [0.3, 0.4) is 0 Å². The molecule has 0 bridgehead atoms. The molecule has 0 unspecified atom stereocenters. The molecule has 1 aromatic carbocycles. The number of hydrogen-bond acceptors (Lipinski definition) is 1. The number of hydrogen-bond donors (Lipinski definition) is 1. The van der Waals surface area contributed by atoms with Crippen LogP contribution in [0, 0.1) is 5.41 Å². The molecule has 0 fully saturated rings. The smallest absolute Gasteiger partial charge is 0.00722 e. The Balaban J connectivity index is 1.98. The fourth-order valence-electron chi connectivity index (χ4n) is 2.94. The van der Waals surface area contributed by atoms with E-state index in [0.29, 0.717) is 5.41 Å². The van der Waals surface area contributed by atoms with Gasteiger partial charge >= 0.3 is 0 Å². The predicted octanol–water partition coefficient (Wildman–Crippen LogP) is 3.87. The minimum atomic E-state index is 0.380. The standard InChI is InChI=1S/C17H27N/c1-17(2,11-12-18)10-9-14-7-8-15-5-3-4-6-16(15)13-14/h7-8,13H,3-6,9-12,18H2,1-2H3. The highest BCUT2D eigenvalue weighted by Gasteiger charge is 2.17. The fraction of sp³-hybridized carbons (Fsp3) is 0.647. The number of nitrogens with two attached hydrogens (primary N) is 1. The third-order valence-electron chi connectivity index (χ3n) is 4.32. The molecule has 2 N–H and O–H groups in total. The molecule has 0 aliphatic heterocycles. The van der Waals surface area contributed by atoms with Crippen LogP contribution in [-0.2, 0) is 19.3 Å². The Morgan fingerprint density at radius 3 is 2.50 bits per heavy atom. The summed E-state index contributed by atoms with van der Waals surface area (Å²) < 4.78 is 0. The average molecular weight is 245 g/mol. The third-order valence-corrected chi connectivity index (χ3v) is 4.32. The first kappa shape index (κ1) is 13.6. The Hall–Kier alpha value is -0.820. The van der Waals surface area contributed by atoms with Gasteiger partial charge in [-0.15, -0.1) is 0 Å². The van der Waals surface area contributed by atoms with Crippen molar-refractivity contribution in [2.45, 2.75) is 58.8 Å². The molecule has 0 radical (unpaired) electrons. The van der Waals surface area contributed by atoms with Gasteiger partial charge in [-0.1, -0.05) is 32.0 Å². The Kier molecular flexibility index (Phi) is 4.45. The van der Waals surface area contributed by atoms with E-state index in [1.54, 1.807) is 11.1 Å². The molecule has 0 spiro atoms. The van der Waals surface area contributed by atoms with Crippen molar-refractivity contribution >= 4 is 0 Å². The highest BCUT2D eigenvalue weighted by molar-refractivity contribution is 5.33. The summed E-state index contributed by atoms with van der Waals surface area (Å²) in [6.45, 7) is 5.47. The Labute approximate surface area is 112 Å². The van der Waals surface area contributed by atoms with E-state index >= 15 is 0 Å². The molecule has 1 nitrogen and oxygen atoms in total. The van der Waals surface area contributed by atoms with E-state index < -0.39 is 0 Å². The molecule has 0 saturated heterocycles. The zero-order valence-electron chi connectivity index (χ0n) is 12.0.